The van der Waals surface area contributed by atoms with Crippen LogP contribution in [0.3, 0.4) is 0 Å². The highest BCUT2D eigenvalue weighted by Gasteiger charge is 2.32. The first-order valence-corrected chi connectivity index (χ1v) is 13.5. The molecule has 1 aliphatic rings. The molecule has 13 heteroatoms. The summed E-state index contributed by atoms with van der Waals surface area (Å²) in [5.74, 6) is -1.62. The van der Waals surface area contributed by atoms with Gasteiger partial charge in [0.15, 0.2) is 0 Å². The molecule has 0 saturated carbocycles. The number of nitrogens with zero attached hydrogens (tertiary/aromatic N) is 2. The van der Waals surface area contributed by atoms with Crippen molar-refractivity contribution in [3.63, 3.8) is 0 Å². The minimum atomic E-state index is -4.66. The van der Waals surface area contributed by atoms with Crippen molar-refractivity contribution in [1.29, 1.82) is 0 Å². The van der Waals surface area contributed by atoms with Crippen molar-refractivity contribution in [2.24, 2.45) is 5.73 Å². The monoisotopic (exact) mass is 611 g/mol. The highest BCUT2D eigenvalue weighted by atomic mass is 19.4. The number of aryl methyl sites for hydroxylation is 1. The Labute approximate surface area is 253 Å². The number of carbonyl (C=O) groups is 3. The van der Waals surface area contributed by atoms with Crippen molar-refractivity contribution in [3.05, 3.63) is 119 Å². The first-order chi connectivity index (χ1) is 21.4. The van der Waals surface area contributed by atoms with Crippen molar-refractivity contribution >= 4 is 52.1 Å². The average molecular weight is 612 g/mol. The minimum Gasteiger partial charge on any atom is -0.366 e. The first kappa shape index (κ1) is 29.0. The lowest BCUT2D eigenvalue weighted by atomic mass is 10.1. The maximum absolute atomic E-state index is 13.7. The van der Waals surface area contributed by atoms with E-state index in [0.717, 1.165) is 12.1 Å². The number of alkyl halides is 3. The van der Waals surface area contributed by atoms with Gasteiger partial charge in [-0.1, -0.05) is 12.1 Å². The first-order valence-electron chi connectivity index (χ1n) is 13.5. The molecule has 0 saturated heterocycles. The van der Waals surface area contributed by atoms with E-state index in [2.05, 4.69) is 25.9 Å². The van der Waals surface area contributed by atoms with Crippen molar-refractivity contribution in [1.82, 2.24) is 14.5 Å². The molecule has 0 fully saturated rings. The molecule has 0 bridgehead atoms. The van der Waals surface area contributed by atoms with E-state index >= 15 is 0 Å². The van der Waals surface area contributed by atoms with Crippen molar-refractivity contribution < 1.29 is 27.6 Å². The standard InChI is InChI=1S/C32H24F3N7O3/c1-17-15-42(16-38-17)25-9-18(7-20(10-25)32(33,34)35)30(44)40-22-4-2-3-21(11-22)39-23-5-6-26-27(31(45)41-28(26)13-23)12-24-8-19(14-37-24)29(36)43/h2-16,37,39H,1H3,(H2,36,43)(H,40,44)(H,41,45)/b27-12-. The lowest BCUT2D eigenvalue weighted by Gasteiger charge is -2.14. The number of primary amides is 1. The molecule has 0 radical (unpaired) electrons. The number of carbonyl (C=O) groups excluding carboxylic acids is 3. The highest BCUT2D eigenvalue weighted by Crippen LogP contribution is 2.36. The molecule has 10 nitrogen and oxygen atoms in total. The number of amides is 3. The fourth-order valence-corrected chi connectivity index (χ4v) is 4.87. The minimum absolute atomic E-state index is 0.149. The second-order valence-electron chi connectivity index (χ2n) is 10.3. The molecule has 0 atom stereocenters. The molecule has 6 rings (SSSR count). The zero-order valence-corrected chi connectivity index (χ0v) is 23.5. The smallest absolute Gasteiger partial charge is 0.366 e. The van der Waals surface area contributed by atoms with Crippen molar-refractivity contribution in [2.75, 3.05) is 16.0 Å². The molecule has 0 aliphatic carbocycles. The summed E-state index contributed by atoms with van der Waals surface area (Å²) in [6.07, 6.45) is 1.37. The number of halogens is 3. The van der Waals surface area contributed by atoms with Crippen LogP contribution >= 0.6 is 0 Å². The Balaban J connectivity index is 1.20. The number of fused-ring (bicyclic) bond motifs is 1. The molecular formula is C32H24F3N7O3. The van der Waals surface area contributed by atoms with Gasteiger partial charge in [-0.05, 0) is 67.6 Å². The van der Waals surface area contributed by atoms with Gasteiger partial charge in [0.05, 0.1) is 34.4 Å². The van der Waals surface area contributed by atoms with Gasteiger partial charge in [0.25, 0.3) is 11.8 Å². The molecule has 1 aliphatic heterocycles. The maximum atomic E-state index is 13.7. The third-order valence-corrected chi connectivity index (χ3v) is 7.02. The third kappa shape index (κ3) is 6.18. The number of nitrogens with two attached hydrogens (primary N) is 1. The van der Waals surface area contributed by atoms with Gasteiger partial charge in [0, 0.05) is 52.0 Å². The van der Waals surface area contributed by atoms with Crippen LogP contribution in [0.4, 0.5) is 35.9 Å². The van der Waals surface area contributed by atoms with E-state index in [9.17, 15) is 27.6 Å². The number of hydrogen-bond donors (Lipinski definition) is 5. The molecular weight excluding hydrogens is 587 g/mol. The Kier molecular flexibility index (Phi) is 7.21. The van der Waals surface area contributed by atoms with Gasteiger partial charge < -0.3 is 31.2 Å². The number of nitrogens with one attached hydrogen (secondary N) is 4. The third-order valence-electron chi connectivity index (χ3n) is 7.02. The van der Waals surface area contributed by atoms with Gasteiger partial charge in [-0.25, -0.2) is 4.98 Å². The van der Waals surface area contributed by atoms with Gasteiger partial charge in [0.1, 0.15) is 0 Å². The summed E-state index contributed by atoms with van der Waals surface area (Å²) in [5.41, 5.74) is 8.95. The van der Waals surface area contributed by atoms with Gasteiger partial charge in [-0.3, -0.25) is 14.4 Å². The lowest BCUT2D eigenvalue weighted by Crippen LogP contribution is -2.15. The van der Waals surface area contributed by atoms with Crippen molar-refractivity contribution in [3.8, 4) is 5.69 Å². The van der Waals surface area contributed by atoms with E-state index < -0.39 is 23.6 Å². The molecule has 3 amide bonds. The normalized spacial score (nSPS) is 13.4. The Hall–Kier alpha value is -6.11. The molecule has 226 valence electrons. The summed E-state index contributed by atoms with van der Waals surface area (Å²) >= 11 is 0. The van der Waals surface area contributed by atoms with E-state index in [4.69, 9.17) is 5.73 Å². The number of hydrogen-bond acceptors (Lipinski definition) is 5. The second kappa shape index (κ2) is 11.2. The molecule has 3 heterocycles. The number of rotatable bonds is 7. The zero-order chi connectivity index (χ0) is 31.9. The number of H-pyrrole nitrogens is 1. The molecule has 2 aromatic heterocycles. The van der Waals surface area contributed by atoms with E-state index in [1.54, 1.807) is 67.7 Å². The number of anilines is 4. The van der Waals surface area contributed by atoms with Crippen LogP contribution in [0.2, 0.25) is 0 Å². The summed E-state index contributed by atoms with van der Waals surface area (Å²) < 4.78 is 42.4. The molecule has 3 aromatic carbocycles. The summed E-state index contributed by atoms with van der Waals surface area (Å²) in [6, 6.07) is 16.6. The molecule has 0 unspecified atom stereocenters. The number of aromatic nitrogens is 3. The van der Waals surface area contributed by atoms with Crippen LogP contribution in [0.5, 0.6) is 0 Å². The zero-order valence-electron chi connectivity index (χ0n) is 23.5. The van der Waals surface area contributed by atoms with Gasteiger partial charge in [-0.15, -0.1) is 0 Å². The van der Waals surface area contributed by atoms with Gasteiger partial charge in [0.2, 0.25) is 5.91 Å². The summed E-state index contributed by atoms with van der Waals surface area (Å²) in [6.45, 7) is 1.71. The van der Waals surface area contributed by atoms with E-state index in [1.807, 2.05) is 0 Å². The SMILES string of the molecule is Cc1cn(-c2cc(C(=O)Nc3cccc(Nc4ccc5c(c4)NC(=O)/C5=C\c4cc(C(N)=O)c[nH]4)c3)cc(C(F)(F)F)c2)cn1. The van der Waals surface area contributed by atoms with E-state index in [0.29, 0.717) is 50.8 Å². The number of imidazole rings is 1. The highest BCUT2D eigenvalue weighted by molar-refractivity contribution is 6.35. The molecule has 5 aromatic rings. The summed E-state index contributed by atoms with van der Waals surface area (Å²) in [4.78, 5) is 44.1. The number of benzene rings is 3. The Morgan fingerprint density at radius 3 is 2.47 bits per heavy atom. The predicted octanol–water partition coefficient (Wildman–Crippen LogP) is 6.12. The maximum Gasteiger partial charge on any atom is 0.416 e. The van der Waals surface area contributed by atoms with Gasteiger partial charge in [-0.2, -0.15) is 13.2 Å². The van der Waals surface area contributed by atoms with Crippen LogP contribution in [-0.2, 0) is 11.0 Å². The molecule has 6 N–H and O–H groups in total. The van der Waals surface area contributed by atoms with Crippen LogP contribution in [-0.4, -0.2) is 32.3 Å². The Morgan fingerprint density at radius 2 is 1.76 bits per heavy atom. The fraction of sp³-hybridized carbons (Fsp3) is 0.0625. The predicted molar refractivity (Wildman–Crippen MR) is 163 cm³/mol. The average Bonchev–Trinajstić information content (AvgIpc) is 3.72. The van der Waals surface area contributed by atoms with E-state index in [1.165, 1.54) is 23.2 Å². The summed E-state index contributed by atoms with van der Waals surface area (Å²) in [7, 11) is 0. The molecule has 45 heavy (non-hydrogen) atoms. The topological polar surface area (TPSA) is 147 Å². The Morgan fingerprint density at radius 1 is 0.978 bits per heavy atom. The Bertz CT molecular complexity index is 2020. The second-order valence-corrected chi connectivity index (χ2v) is 10.3. The van der Waals surface area contributed by atoms with Crippen LogP contribution in [0.25, 0.3) is 17.3 Å². The fourth-order valence-electron chi connectivity index (χ4n) is 4.87. The van der Waals surface area contributed by atoms with Gasteiger partial charge >= 0.3 is 6.18 Å². The summed E-state index contributed by atoms with van der Waals surface area (Å²) in [5, 5.41) is 8.69. The van der Waals surface area contributed by atoms with E-state index in [-0.39, 0.29) is 17.2 Å². The lowest BCUT2D eigenvalue weighted by molar-refractivity contribution is -0.137. The largest absolute Gasteiger partial charge is 0.416 e. The van der Waals surface area contributed by atoms with Crippen molar-refractivity contribution in [2.45, 2.75) is 13.1 Å². The van der Waals surface area contributed by atoms with Crippen LogP contribution < -0.4 is 21.7 Å². The number of aromatic amines is 1. The quantitative estimate of drug-likeness (QED) is 0.141. The molecule has 0 spiro atoms. The van der Waals surface area contributed by atoms with Crippen LogP contribution in [0.15, 0.2) is 85.5 Å². The van der Waals surface area contributed by atoms with Crippen LogP contribution in [0, 0.1) is 6.92 Å². The van der Waals surface area contributed by atoms with Crippen LogP contribution in [0.1, 0.15) is 43.2 Å².